The number of aromatic amines is 1. The third-order valence-corrected chi connectivity index (χ3v) is 5.45. The number of nitrogens with one attached hydrogen (secondary N) is 2. The van der Waals surface area contributed by atoms with Crippen LogP contribution in [0.4, 0.5) is 0 Å². The van der Waals surface area contributed by atoms with Gasteiger partial charge in [0.25, 0.3) is 5.91 Å². The zero-order valence-electron chi connectivity index (χ0n) is 14.4. The number of hydrogen-bond donors (Lipinski definition) is 2. The quantitative estimate of drug-likeness (QED) is 0.580. The number of thiazole rings is 1. The van der Waals surface area contributed by atoms with E-state index in [1.807, 2.05) is 19.1 Å². The highest BCUT2D eigenvalue weighted by Crippen LogP contribution is 2.30. The number of rotatable bonds is 4. The molecule has 0 unspecified atom stereocenters. The first-order valence-electron chi connectivity index (χ1n) is 8.23. The molecule has 0 aliphatic heterocycles. The summed E-state index contributed by atoms with van der Waals surface area (Å²) in [4.78, 5) is 18.2. The summed E-state index contributed by atoms with van der Waals surface area (Å²) in [6.45, 7) is 4.50. The molecule has 2 aromatic carbocycles. The maximum absolute atomic E-state index is 12.4. The topological polar surface area (TPSA) is 83.6 Å². The molecule has 130 valence electrons. The molecule has 0 spiro atoms. The minimum atomic E-state index is -0.139. The molecule has 2 heterocycles. The van der Waals surface area contributed by atoms with E-state index in [0.717, 1.165) is 26.7 Å². The largest absolute Gasteiger partial charge is 0.347 e. The Hall–Kier alpha value is -3.06. The summed E-state index contributed by atoms with van der Waals surface area (Å²) in [5.41, 5.74) is 5.25. The van der Waals surface area contributed by atoms with E-state index in [-0.39, 0.29) is 5.91 Å². The summed E-state index contributed by atoms with van der Waals surface area (Å²) in [6, 6.07) is 13.4. The Labute approximate surface area is 154 Å². The first kappa shape index (κ1) is 16.4. The van der Waals surface area contributed by atoms with E-state index in [1.165, 1.54) is 5.56 Å². The smallest absolute Gasteiger partial charge is 0.251 e. The average Bonchev–Trinajstić information content (AvgIpc) is 3.25. The Morgan fingerprint density at radius 2 is 1.92 bits per heavy atom. The number of aromatic nitrogens is 4. The maximum Gasteiger partial charge on any atom is 0.251 e. The predicted octanol–water partition coefficient (Wildman–Crippen LogP) is 3.63. The number of carbonyl (C=O) groups is 1. The van der Waals surface area contributed by atoms with Gasteiger partial charge in [-0.05, 0) is 37.6 Å². The van der Waals surface area contributed by atoms with E-state index < -0.39 is 0 Å². The van der Waals surface area contributed by atoms with Crippen molar-refractivity contribution >= 4 is 28.3 Å². The molecule has 0 saturated heterocycles. The highest BCUT2D eigenvalue weighted by Gasteiger charge is 2.13. The van der Waals surface area contributed by atoms with E-state index in [1.54, 1.807) is 29.5 Å². The summed E-state index contributed by atoms with van der Waals surface area (Å²) in [6.07, 6.45) is 0. The minimum absolute atomic E-state index is 0.139. The summed E-state index contributed by atoms with van der Waals surface area (Å²) >= 11 is 1.61. The van der Waals surface area contributed by atoms with E-state index >= 15 is 0 Å². The minimum Gasteiger partial charge on any atom is -0.347 e. The molecule has 4 aromatic rings. The molecule has 0 aliphatic rings. The van der Waals surface area contributed by atoms with Gasteiger partial charge < -0.3 is 5.32 Å². The van der Waals surface area contributed by atoms with Crippen LogP contribution in [0.2, 0.25) is 0 Å². The Morgan fingerprint density at radius 3 is 2.77 bits per heavy atom. The fourth-order valence-electron chi connectivity index (χ4n) is 2.76. The lowest BCUT2D eigenvalue weighted by Crippen LogP contribution is -2.22. The van der Waals surface area contributed by atoms with Crippen molar-refractivity contribution in [2.75, 3.05) is 0 Å². The molecule has 7 heteroatoms. The Balaban J connectivity index is 1.51. The normalized spacial score (nSPS) is 11.0. The van der Waals surface area contributed by atoms with Gasteiger partial charge in [0, 0.05) is 16.0 Å². The van der Waals surface area contributed by atoms with Crippen LogP contribution in [-0.4, -0.2) is 26.3 Å². The molecule has 6 nitrogen and oxygen atoms in total. The summed E-state index contributed by atoms with van der Waals surface area (Å²) in [7, 11) is 0. The van der Waals surface area contributed by atoms with E-state index in [0.29, 0.717) is 17.6 Å². The van der Waals surface area contributed by atoms with Gasteiger partial charge in [-0.1, -0.05) is 24.3 Å². The number of fused-ring (bicyclic) bond motifs is 1. The Morgan fingerprint density at radius 1 is 1.12 bits per heavy atom. The van der Waals surface area contributed by atoms with E-state index in [4.69, 9.17) is 0 Å². The van der Waals surface area contributed by atoms with Crippen molar-refractivity contribution in [1.82, 2.24) is 25.7 Å². The van der Waals surface area contributed by atoms with Crippen molar-refractivity contribution in [3.05, 3.63) is 64.2 Å². The SMILES string of the molecule is Cc1ccccc1-c1nc(C)c(CNC(=O)c2ccc3n[nH]nc3c2)s1. The molecule has 2 aromatic heterocycles. The fourth-order valence-corrected chi connectivity index (χ4v) is 3.86. The molecule has 0 bridgehead atoms. The number of aryl methyl sites for hydroxylation is 2. The Kier molecular flexibility index (Phi) is 4.22. The summed E-state index contributed by atoms with van der Waals surface area (Å²) in [5.74, 6) is -0.139. The van der Waals surface area contributed by atoms with Crippen molar-refractivity contribution in [2.45, 2.75) is 20.4 Å². The highest BCUT2D eigenvalue weighted by molar-refractivity contribution is 7.15. The molecule has 0 radical (unpaired) electrons. The maximum atomic E-state index is 12.4. The molecule has 0 atom stereocenters. The number of H-pyrrole nitrogens is 1. The summed E-state index contributed by atoms with van der Waals surface area (Å²) < 4.78 is 0. The highest BCUT2D eigenvalue weighted by atomic mass is 32.1. The second-order valence-electron chi connectivity index (χ2n) is 6.05. The second kappa shape index (κ2) is 6.68. The molecule has 4 rings (SSSR count). The van der Waals surface area contributed by atoms with Crippen LogP contribution in [0.25, 0.3) is 21.6 Å². The van der Waals surface area contributed by atoms with Crippen molar-refractivity contribution in [3.8, 4) is 10.6 Å². The number of benzene rings is 2. The van der Waals surface area contributed by atoms with Crippen LogP contribution in [-0.2, 0) is 6.54 Å². The van der Waals surface area contributed by atoms with Gasteiger partial charge >= 0.3 is 0 Å². The number of amides is 1. The van der Waals surface area contributed by atoms with Crippen molar-refractivity contribution in [1.29, 1.82) is 0 Å². The number of carbonyl (C=O) groups excluding carboxylic acids is 1. The zero-order valence-corrected chi connectivity index (χ0v) is 15.2. The molecular weight excluding hydrogens is 346 g/mol. The van der Waals surface area contributed by atoms with Crippen LogP contribution in [0.15, 0.2) is 42.5 Å². The lowest BCUT2D eigenvalue weighted by Gasteiger charge is -2.04. The van der Waals surface area contributed by atoms with Gasteiger partial charge in [0.15, 0.2) is 0 Å². The van der Waals surface area contributed by atoms with Gasteiger partial charge in [0.1, 0.15) is 16.0 Å². The standard InChI is InChI=1S/C19H17N5OS/c1-11-5-3-4-6-14(11)19-21-12(2)17(26-19)10-20-18(25)13-7-8-15-16(9-13)23-24-22-15/h3-9H,10H2,1-2H3,(H,20,25)(H,22,23,24). The first-order valence-corrected chi connectivity index (χ1v) is 9.04. The van der Waals surface area contributed by atoms with Crippen molar-refractivity contribution in [3.63, 3.8) is 0 Å². The molecule has 0 fully saturated rings. The van der Waals surface area contributed by atoms with Gasteiger partial charge in [-0.2, -0.15) is 15.4 Å². The second-order valence-corrected chi connectivity index (χ2v) is 7.14. The number of nitrogens with zero attached hydrogens (tertiary/aromatic N) is 3. The predicted molar refractivity (Wildman–Crippen MR) is 102 cm³/mol. The van der Waals surface area contributed by atoms with Crippen LogP contribution in [0.1, 0.15) is 26.5 Å². The lowest BCUT2D eigenvalue weighted by atomic mass is 10.1. The van der Waals surface area contributed by atoms with Gasteiger partial charge in [-0.15, -0.1) is 11.3 Å². The molecule has 1 amide bonds. The molecule has 0 saturated carbocycles. The van der Waals surface area contributed by atoms with Gasteiger partial charge in [0.05, 0.1) is 12.2 Å². The fraction of sp³-hybridized carbons (Fsp3) is 0.158. The van der Waals surface area contributed by atoms with Crippen molar-refractivity contribution < 1.29 is 4.79 Å². The van der Waals surface area contributed by atoms with Crippen molar-refractivity contribution in [2.24, 2.45) is 0 Å². The van der Waals surface area contributed by atoms with Crippen LogP contribution >= 0.6 is 11.3 Å². The average molecular weight is 363 g/mol. The van der Waals surface area contributed by atoms with Crippen LogP contribution < -0.4 is 5.32 Å². The van der Waals surface area contributed by atoms with Crippen LogP contribution in [0, 0.1) is 13.8 Å². The third kappa shape index (κ3) is 3.09. The lowest BCUT2D eigenvalue weighted by molar-refractivity contribution is 0.0951. The molecule has 2 N–H and O–H groups in total. The zero-order chi connectivity index (χ0) is 18.1. The molecule has 0 aliphatic carbocycles. The van der Waals surface area contributed by atoms with Crippen LogP contribution in [0.3, 0.4) is 0 Å². The number of hydrogen-bond acceptors (Lipinski definition) is 5. The van der Waals surface area contributed by atoms with Crippen LogP contribution in [0.5, 0.6) is 0 Å². The van der Waals surface area contributed by atoms with Gasteiger partial charge in [-0.3, -0.25) is 4.79 Å². The monoisotopic (exact) mass is 363 g/mol. The van der Waals surface area contributed by atoms with Gasteiger partial charge in [0.2, 0.25) is 0 Å². The first-order chi connectivity index (χ1) is 12.6. The molecule has 26 heavy (non-hydrogen) atoms. The molecular formula is C19H17N5OS. The van der Waals surface area contributed by atoms with Gasteiger partial charge in [-0.25, -0.2) is 4.98 Å². The van der Waals surface area contributed by atoms with E-state index in [9.17, 15) is 4.79 Å². The Bertz CT molecular complexity index is 1100. The van der Waals surface area contributed by atoms with E-state index in [2.05, 4.69) is 44.8 Å². The third-order valence-electron chi connectivity index (χ3n) is 4.26. The summed E-state index contributed by atoms with van der Waals surface area (Å²) in [5, 5.41) is 14.5.